The lowest BCUT2D eigenvalue weighted by molar-refractivity contribution is 0.0697. The SMILES string of the molecule is CC1c2ccsc2CCN1c1c(F)cccc1C(=O)O. The van der Waals surface area contributed by atoms with Crippen LogP contribution in [0.3, 0.4) is 0 Å². The molecular formula is C15H14FNO2S. The first-order valence-electron chi connectivity index (χ1n) is 6.44. The third kappa shape index (κ3) is 1.98. The Hall–Kier alpha value is -1.88. The van der Waals surface area contributed by atoms with Gasteiger partial charge in [-0.2, -0.15) is 0 Å². The van der Waals surface area contributed by atoms with Crippen LogP contribution in [0.4, 0.5) is 10.1 Å². The van der Waals surface area contributed by atoms with Gasteiger partial charge in [0.05, 0.1) is 17.3 Å². The van der Waals surface area contributed by atoms with E-state index in [1.807, 2.05) is 23.3 Å². The molecule has 0 radical (unpaired) electrons. The molecule has 0 spiro atoms. The molecule has 3 rings (SSSR count). The van der Waals surface area contributed by atoms with Crippen molar-refractivity contribution in [3.8, 4) is 0 Å². The number of hydrogen-bond acceptors (Lipinski definition) is 3. The second kappa shape index (κ2) is 4.90. The van der Waals surface area contributed by atoms with E-state index in [-0.39, 0.29) is 17.3 Å². The van der Waals surface area contributed by atoms with E-state index in [4.69, 9.17) is 0 Å². The Morgan fingerprint density at radius 3 is 3.00 bits per heavy atom. The predicted molar refractivity (Wildman–Crippen MR) is 77.1 cm³/mol. The number of fused-ring (bicyclic) bond motifs is 1. The first-order chi connectivity index (χ1) is 9.59. The van der Waals surface area contributed by atoms with Crippen LogP contribution in [0.5, 0.6) is 0 Å². The van der Waals surface area contributed by atoms with E-state index in [2.05, 4.69) is 0 Å². The van der Waals surface area contributed by atoms with Crippen LogP contribution in [0.15, 0.2) is 29.6 Å². The van der Waals surface area contributed by atoms with Crippen molar-refractivity contribution in [1.82, 2.24) is 0 Å². The number of anilines is 1. The summed E-state index contributed by atoms with van der Waals surface area (Å²) in [6.45, 7) is 2.62. The highest BCUT2D eigenvalue weighted by molar-refractivity contribution is 7.10. The molecule has 0 fully saturated rings. The van der Waals surface area contributed by atoms with Gasteiger partial charge >= 0.3 is 5.97 Å². The number of halogens is 1. The van der Waals surface area contributed by atoms with Gasteiger partial charge in [-0.25, -0.2) is 9.18 Å². The van der Waals surface area contributed by atoms with E-state index in [9.17, 15) is 14.3 Å². The van der Waals surface area contributed by atoms with Crippen LogP contribution in [0, 0.1) is 5.82 Å². The number of nitrogens with zero attached hydrogens (tertiary/aromatic N) is 1. The fourth-order valence-corrected chi connectivity index (χ4v) is 3.76. The molecule has 104 valence electrons. The van der Waals surface area contributed by atoms with E-state index in [0.717, 1.165) is 6.42 Å². The maximum absolute atomic E-state index is 14.2. The molecule has 1 aromatic heterocycles. The summed E-state index contributed by atoms with van der Waals surface area (Å²) < 4.78 is 14.2. The second-order valence-electron chi connectivity index (χ2n) is 4.86. The fourth-order valence-electron chi connectivity index (χ4n) is 2.79. The normalized spacial score (nSPS) is 17.9. The lowest BCUT2D eigenvalue weighted by atomic mass is 9.99. The molecule has 0 amide bonds. The monoisotopic (exact) mass is 291 g/mol. The van der Waals surface area contributed by atoms with Gasteiger partial charge in [0.1, 0.15) is 5.82 Å². The number of aromatic carboxylic acids is 1. The van der Waals surface area contributed by atoms with E-state index in [1.54, 1.807) is 11.3 Å². The Bertz CT molecular complexity index is 668. The molecule has 1 atom stereocenters. The van der Waals surface area contributed by atoms with Crippen LogP contribution in [0.1, 0.15) is 33.8 Å². The Labute approximate surface area is 120 Å². The van der Waals surface area contributed by atoms with E-state index < -0.39 is 11.8 Å². The molecular weight excluding hydrogens is 277 g/mol. The molecule has 2 heterocycles. The van der Waals surface area contributed by atoms with Gasteiger partial charge in [-0.05, 0) is 42.5 Å². The zero-order valence-corrected chi connectivity index (χ0v) is 11.8. The predicted octanol–water partition coefficient (Wildman–Crippen LogP) is 3.71. The molecule has 1 aliphatic heterocycles. The van der Waals surface area contributed by atoms with E-state index in [1.165, 1.54) is 28.6 Å². The van der Waals surface area contributed by atoms with Gasteiger partial charge in [-0.1, -0.05) is 6.07 Å². The largest absolute Gasteiger partial charge is 0.478 e. The third-order valence-corrected chi connectivity index (χ3v) is 4.78. The highest BCUT2D eigenvalue weighted by Gasteiger charge is 2.29. The number of carboxylic acids is 1. The molecule has 0 saturated heterocycles. The van der Waals surface area contributed by atoms with Crippen molar-refractivity contribution in [2.45, 2.75) is 19.4 Å². The minimum atomic E-state index is -1.09. The molecule has 20 heavy (non-hydrogen) atoms. The van der Waals surface area contributed by atoms with Crippen molar-refractivity contribution < 1.29 is 14.3 Å². The first kappa shape index (κ1) is 13.1. The fraction of sp³-hybridized carbons (Fsp3) is 0.267. The second-order valence-corrected chi connectivity index (χ2v) is 5.86. The molecule has 1 aliphatic rings. The Morgan fingerprint density at radius 1 is 1.45 bits per heavy atom. The molecule has 2 aromatic rings. The smallest absolute Gasteiger partial charge is 0.337 e. The van der Waals surface area contributed by atoms with Crippen LogP contribution in [0.25, 0.3) is 0 Å². The summed E-state index contributed by atoms with van der Waals surface area (Å²) in [4.78, 5) is 14.5. The zero-order valence-electron chi connectivity index (χ0n) is 11.0. The Morgan fingerprint density at radius 2 is 2.25 bits per heavy atom. The van der Waals surface area contributed by atoms with E-state index in [0.29, 0.717) is 6.54 Å². The van der Waals surface area contributed by atoms with Gasteiger partial charge in [0.25, 0.3) is 0 Å². The van der Waals surface area contributed by atoms with Crippen LogP contribution in [-0.4, -0.2) is 17.6 Å². The number of hydrogen-bond donors (Lipinski definition) is 1. The summed E-state index contributed by atoms with van der Waals surface area (Å²) in [5.74, 6) is -1.57. The van der Waals surface area contributed by atoms with Gasteiger partial charge in [-0.15, -0.1) is 11.3 Å². The summed E-state index contributed by atoms with van der Waals surface area (Å²) in [6.07, 6.45) is 0.824. The number of rotatable bonds is 2. The van der Waals surface area contributed by atoms with Crippen molar-refractivity contribution in [3.05, 3.63) is 51.5 Å². The molecule has 0 saturated carbocycles. The molecule has 3 nitrogen and oxygen atoms in total. The summed E-state index contributed by atoms with van der Waals surface area (Å²) in [6, 6.07) is 6.24. The Kier molecular flexibility index (Phi) is 3.22. The highest BCUT2D eigenvalue weighted by Crippen LogP contribution is 2.38. The van der Waals surface area contributed by atoms with Gasteiger partial charge < -0.3 is 10.0 Å². The molecule has 0 aliphatic carbocycles. The number of para-hydroxylation sites is 1. The molecule has 1 unspecified atom stereocenters. The quantitative estimate of drug-likeness (QED) is 0.917. The minimum absolute atomic E-state index is 0.0139. The summed E-state index contributed by atoms with van der Waals surface area (Å²) >= 11 is 1.70. The van der Waals surface area contributed by atoms with Crippen molar-refractivity contribution in [2.75, 3.05) is 11.4 Å². The van der Waals surface area contributed by atoms with Gasteiger partial charge in [0.15, 0.2) is 0 Å². The average molecular weight is 291 g/mol. The highest BCUT2D eigenvalue weighted by atomic mass is 32.1. The average Bonchev–Trinajstić information content (AvgIpc) is 2.89. The number of carboxylic acid groups (broad SMARTS) is 1. The lowest BCUT2D eigenvalue weighted by Gasteiger charge is -2.36. The van der Waals surface area contributed by atoms with Crippen LogP contribution in [-0.2, 0) is 6.42 Å². The lowest BCUT2D eigenvalue weighted by Crippen LogP contribution is -2.34. The van der Waals surface area contributed by atoms with Crippen molar-refractivity contribution in [1.29, 1.82) is 0 Å². The number of carbonyl (C=O) groups is 1. The van der Waals surface area contributed by atoms with Crippen molar-refractivity contribution in [2.24, 2.45) is 0 Å². The van der Waals surface area contributed by atoms with Crippen molar-refractivity contribution in [3.63, 3.8) is 0 Å². The van der Waals surface area contributed by atoms with Gasteiger partial charge in [0, 0.05) is 11.4 Å². The van der Waals surface area contributed by atoms with Crippen LogP contribution >= 0.6 is 11.3 Å². The van der Waals surface area contributed by atoms with Gasteiger partial charge in [-0.3, -0.25) is 0 Å². The maximum Gasteiger partial charge on any atom is 0.337 e. The summed E-state index contributed by atoms with van der Waals surface area (Å²) in [5, 5.41) is 11.3. The molecule has 5 heteroatoms. The van der Waals surface area contributed by atoms with E-state index >= 15 is 0 Å². The number of benzene rings is 1. The number of thiophene rings is 1. The zero-order chi connectivity index (χ0) is 14.3. The molecule has 1 aromatic carbocycles. The molecule has 1 N–H and O–H groups in total. The summed E-state index contributed by atoms with van der Waals surface area (Å²) in [5.41, 5.74) is 1.39. The molecule has 0 bridgehead atoms. The maximum atomic E-state index is 14.2. The van der Waals surface area contributed by atoms with Crippen LogP contribution in [0.2, 0.25) is 0 Å². The first-order valence-corrected chi connectivity index (χ1v) is 7.32. The van der Waals surface area contributed by atoms with Crippen molar-refractivity contribution >= 4 is 23.0 Å². The van der Waals surface area contributed by atoms with Crippen LogP contribution < -0.4 is 4.90 Å². The Balaban J connectivity index is 2.09. The summed E-state index contributed by atoms with van der Waals surface area (Å²) in [7, 11) is 0. The third-order valence-electron chi connectivity index (χ3n) is 3.78. The standard InChI is InChI=1S/C15H14FNO2S/c1-9-10-6-8-20-13(10)5-7-17(9)14-11(15(18)19)3-2-4-12(14)16/h2-4,6,8-9H,5,7H2,1H3,(H,18,19). The minimum Gasteiger partial charge on any atom is -0.478 e. The topological polar surface area (TPSA) is 40.5 Å². The van der Waals surface area contributed by atoms with Gasteiger partial charge in [0.2, 0.25) is 0 Å².